The Morgan fingerprint density at radius 2 is 1.92 bits per heavy atom. The van der Waals surface area contributed by atoms with Gasteiger partial charge < -0.3 is 19.5 Å². The van der Waals surface area contributed by atoms with Gasteiger partial charge in [-0.25, -0.2) is 0 Å². The summed E-state index contributed by atoms with van der Waals surface area (Å²) in [5.74, 6) is -1.22. The van der Waals surface area contributed by atoms with Crippen LogP contribution in [0.5, 0.6) is 0 Å². The zero-order chi connectivity index (χ0) is 19.4. The molecule has 0 saturated carbocycles. The summed E-state index contributed by atoms with van der Waals surface area (Å²) in [6.07, 6.45) is 2.07. The lowest BCUT2D eigenvalue weighted by Crippen LogP contribution is -2.43. The molecule has 1 saturated heterocycles. The summed E-state index contributed by atoms with van der Waals surface area (Å²) in [5, 5.41) is 9.04. The SMILES string of the molecule is CCn1c(C)cc(C(=O)N2CCCC(N(CC(=O)O)C(C)=O)CC2)c1C. The van der Waals surface area contributed by atoms with Crippen molar-refractivity contribution in [3.8, 4) is 0 Å². The van der Waals surface area contributed by atoms with Crippen LogP contribution < -0.4 is 0 Å². The van der Waals surface area contributed by atoms with Gasteiger partial charge in [0.15, 0.2) is 0 Å². The number of rotatable bonds is 5. The van der Waals surface area contributed by atoms with Gasteiger partial charge in [0.2, 0.25) is 5.91 Å². The standard InChI is InChI=1S/C19H29N3O4/c1-5-21-13(2)11-17(14(21)3)19(26)20-9-6-7-16(8-10-20)22(15(4)23)12-18(24)25/h11,16H,5-10,12H2,1-4H3,(H,24,25). The number of carboxylic acids is 1. The van der Waals surface area contributed by atoms with Crippen LogP contribution in [0.1, 0.15) is 54.9 Å². The Balaban J connectivity index is 2.11. The molecule has 26 heavy (non-hydrogen) atoms. The maximum absolute atomic E-state index is 13.0. The van der Waals surface area contributed by atoms with Crippen LogP contribution in [0.4, 0.5) is 0 Å². The number of carboxylic acid groups (broad SMARTS) is 1. The molecular formula is C19H29N3O4. The molecule has 2 rings (SSSR count). The minimum Gasteiger partial charge on any atom is -0.480 e. The van der Waals surface area contributed by atoms with Crippen LogP contribution in [0.3, 0.4) is 0 Å². The molecule has 1 unspecified atom stereocenters. The fraction of sp³-hybridized carbons (Fsp3) is 0.632. The monoisotopic (exact) mass is 363 g/mol. The molecule has 1 N–H and O–H groups in total. The smallest absolute Gasteiger partial charge is 0.323 e. The van der Waals surface area contributed by atoms with E-state index in [-0.39, 0.29) is 24.4 Å². The lowest BCUT2D eigenvalue weighted by atomic mass is 10.1. The summed E-state index contributed by atoms with van der Waals surface area (Å²) in [6, 6.07) is 1.81. The first-order valence-corrected chi connectivity index (χ1v) is 9.21. The third-order valence-electron chi connectivity index (χ3n) is 5.26. The summed E-state index contributed by atoms with van der Waals surface area (Å²) in [7, 11) is 0. The fourth-order valence-electron chi connectivity index (χ4n) is 3.91. The minimum atomic E-state index is -1.01. The number of amides is 2. The highest BCUT2D eigenvalue weighted by atomic mass is 16.4. The van der Waals surface area contributed by atoms with Gasteiger partial charge in [-0.2, -0.15) is 0 Å². The predicted molar refractivity (Wildman–Crippen MR) is 98.1 cm³/mol. The predicted octanol–water partition coefficient (Wildman–Crippen LogP) is 2.05. The zero-order valence-electron chi connectivity index (χ0n) is 16.1. The van der Waals surface area contributed by atoms with Gasteiger partial charge in [0, 0.05) is 44.0 Å². The van der Waals surface area contributed by atoms with Crippen LogP contribution in [0, 0.1) is 13.8 Å². The van der Waals surface area contributed by atoms with E-state index >= 15 is 0 Å². The van der Waals surface area contributed by atoms with Crippen LogP contribution in [0.2, 0.25) is 0 Å². The van der Waals surface area contributed by atoms with Crippen molar-refractivity contribution in [3.05, 3.63) is 23.0 Å². The van der Waals surface area contributed by atoms with Gasteiger partial charge in [-0.3, -0.25) is 14.4 Å². The zero-order valence-corrected chi connectivity index (χ0v) is 16.1. The first-order chi connectivity index (χ1) is 12.3. The van der Waals surface area contributed by atoms with Gasteiger partial charge in [-0.1, -0.05) is 0 Å². The molecule has 1 aromatic rings. The van der Waals surface area contributed by atoms with Crippen molar-refractivity contribution in [2.24, 2.45) is 0 Å². The number of aryl methyl sites for hydroxylation is 1. The van der Waals surface area contributed by atoms with E-state index < -0.39 is 5.97 Å². The maximum atomic E-state index is 13.0. The highest BCUT2D eigenvalue weighted by Gasteiger charge is 2.29. The van der Waals surface area contributed by atoms with Gasteiger partial charge in [0.1, 0.15) is 6.54 Å². The second-order valence-corrected chi connectivity index (χ2v) is 6.95. The number of nitrogens with zero attached hydrogens (tertiary/aromatic N) is 3. The Morgan fingerprint density at radius 1 is 1.23 bits per heavy atom. The van der Waals surface area contributed by atoms with Gasteiger partial charge >= 0.3 is 5.97 Å². The van der Waals surface area contributed by atoms with Gasteiger partial charge in [-0.15, -0.1) is 0 Å². The molecule has 1 fully saturated rings. The third-order valence-corrected chi connectivity index (χ3v) is 5.26. The molecule has 144 valence electrons. The molecule has 1 atom stereocenters. The average Bonchev–Trinajstić information content (AvgIpc) is 2.75. The maximum Gasteiger partial charge on any atom is 0.323 e. The molecule has 1 aromatic heterocycles. The fourth-order valence-corrected chi connectivity index (χ4v) is 3.91. The highest BCUT2D eigenvalue weighted by Crippen LogP contribution is 2.22. The van der Waals surface area contributed by atoms with Gasteiger partial charge in [0.05, 0.1) is 5.56 Å². The summed E-state index contributed by atoms with van der Waals surface area (Å²) in [4.78, 5) is 39.1. The molecule has 2 heterocycles. The molecule has 1 aliphatic rings. The number of carbonyl (C=O) groups is 3. The minimum absolute atomic E-state index is 0.0195. The quantitative estimate of drug-likeness (QED) is 0.868. The van der Waals surface area contributed by atoms with Crippen molar-refractivity contribution >= 4 is 17.8 Å². The molecule has 0 spiro atoms. The number of hydrogen-bond donors (Lipinski definition) is 1. The van der Waals surface area contributed by atoms with E-state index in [9.17, 15) is 14.4 Å². The van der Waals surface area contributed by atoms with E-state index in [1.165, 1.54) is 11.8 Å². The second kappa shape index (κ2) is 8.38. The number of likely N-dealkylation sites (tertiary alicyclic amines) is 1. The Kier molecular flexibility index (Phi) is 6.45. The van der Waals surface area contributed by atoms with E-state index in [0.717, 1.165) is 29.9 Å². The Bertz CT molecular complexity index is 695. The largest absolute Gasteiger partial charge is 0.480 e. The molecule has 0 aliphatic carbocycles. The second-order valence-electron chi connectivity index (χ2n) is 6.95. The van der Waals surface area contributed by atoms with Crippen molar-refractivity contribution in [2.75, 3.05) is 19.6 Å². The molecule has 0 bridgehead atoms. The van der Waals surface area contributed by atoms with Crippen LogP contribution in [0.15, 0.2) is 6.07 Å². The van der Waals surface area contributed by atoms with Gasteiger partial charge in [0.25, 0.3) is 5.91 Å². The molecule has 1 aliphatic heterocycles. The topological polar surface area (TPSA) is 82.8 Å². The number of aliphatic carboxylic acids is 1. The van der Waals surface area contributed by atoms with E-state index in [0.29, 0.717) is 25.9 Å². The summed E-state index contributed by atoms with van der Waals surface area (Å²) in [6.45, 7) is 9.13. The lowest BCUT2D eigenvalue weighted by Gasteiger charge is -2.28. The van der Waals surface area contributed by atoms with Crippen LogP contribution in [-0.4, -0.2) is 62.9 Å². The van der Waals surface area contributed by atoms with Crippen LogP contribution in [-0.2, 0) is 16.1 Å². The third kappa shape index (κ3) is 4.26. The van der Waals surface area contributed by atoms with E-state index in [1.807, 2.05) is 24.8 Å². The van der Waals surface area contributed by atoms with E-state index in [4.69, 9.17) is 5.11 Å². The molecular weight excluding hydrogens is 334 g/mol. The molecule has 0 aromatic carbocycles. The number of hydrogen-bond acceptors (Lipinski definition) is 3. The summed E-state index contributed by atoms with van der Waals surface area (Å²) >= 11 is 0. The molecule has 2 amide bonds. The summed E-state index contributed by atoms with van der Waals surface area (Å²) < 4.78 is 2.12. The first kappa shape index (κ1) is 20.0. The first-order valence-electron chi connectivity index (χ1n) is 9.21. The van der Waals surface area contributed by atoms with Crippen molar-refractivity contribution in [2.45, 2.75) is 59.5 Å². The van der Waals surface area contributed by atoms with Crippen LogP contribution in [0.25, 0.3) is 0 Å². The van der Waals surface area contributed by atoms with Gasteiger partial charge in [-0.05, 0) is 46.1 Å². The van der Waals surface area contributed by atoms with Crippen molar-refractivity contribution in [1.82, 2.24) is 14.4 Å². The van der Waals surface area contributed by atoms with Crippen LogP contribution >= 0.6 is 0 Å². The number of aromatic nitrogens is 1. The van der Waals surface area contributed by atoms with Crippen molar-refractivity contribution < 1.29 is 19.5 Å². The Labute approximate surface area is 154 Å². The average molecular weight is 363 g/mol. The van der Waals surface area contributed by atoms with Crippen molar-refractivity contribution in [3.63, 3.8) is 0 Å². The molecule has 0 radical (unpaired) electrons. The Morgan fingerprint density at radius 3 is 2.46 bits per heavy atom. The molecule has 7 nitrogen and oxygen atoms in total. The highest BCUT2D eigenvalue weighted by molar-refractivity contribution is 5.95. The number of carbonyl (C=O) groups excluding carboxylic acids is 2. The van der Waals surface area contributed by atoms with E-state index in [2.05, 4.69) is 11.5 Å². The molecule has 7 heteroatoms. The van der Waals surface area contributed by atoms with E-state index in [1.54, 1.807) is 0 Å². The lowest BCUT2D eigenvalue weighted by molar-refractivity contribution is -0.145. The Hall–Kier alpha value is -2.31. The normalized spacial score (nSPS) is 17.7. The summed E-state index contributed by atoms with van der Waals surface area (Å²) in [5.41, 5.74) is 2.79. The van der Waals surface area contributed by atoms with Crippen molar-refractivity contribution in [1.29, 1.82) is 0 Å².